The number of nitrogens with one attached hydrogen (secondary N) is 2. The Morgan fingerprint density at radius 3 is 2.95 bits per heavy atom. The minimum Gasteiger partial charge on any atom is -0.355 e. The quantitative estimate of drug-likeness (QED) is 0.817. The van der Waals surface area contributed by atoms with E-state index in [0.29, 0.717) is 12.0 Å². The van der Waals surface area contributed by atoms with Gasteiger partial charge in [-0.15, -0.1) is 0 Å². The van der Waals surface area contributed by atoms with E-state index in [4.69, 9.17) is 0 Å². The zero-order chi connectivity index (χ0) is 14.5. The molecule has 7 heteroatoms. The Morgan fingerprint density at radius 1 is 1.45 bits per heavy atom. The Morgan fingerprint density at radius 2 is 2.25 bits per heavy atom. The molecule has 0 aliphatic rings. The molecule has 0 aromatic carbocycles. The molecule has 2 aromatic heterocycles. The standard InChI is InChI=1S/C13H22N6S/c1-5-6-14-13-16-11-10(7-15-18-11)12(17-13)19(3)9(2)8-20-4/h7,9H,5-6,8H2,1-4H3,(H2,14,15,16,17,18). The number of nitrogens with zero attached hydrogens (tertiary/aromatic N) is 4. The van der Waals surface area contributed by atoms with Gasteiger partial charge in [0, 0.05) is 25.4 Å². The lowest BCUT2D eigenvalue weighted by Gasteiger charge is -2.26. The summed E-state index contributed by atoms with van der Waals surface area (Å²) in [5.41, 5.74) is 0.775. The second-order valence-electron chi connectivity index (χ2n) is 4.85. The van der Waals surface area contributed by atoms with Crippen LogP contribution in [0.5, 0.6) is 0 Å². The Hall–Kier alpha value is -1.50. The molecule has 20 heavy (non-hydrogen) atoms. The number of anilines is 2. The number of rotatable bonds is 7. The summed E-state index contributed by atoms with van der Waals surface area (Å²) in [6, 6.07) is 0.400. The van der Waals surface area contributed by atoms with E-state index in [1.54, 1.807) is 6.20 Å². The van der Waals surface area contributed by atoms with Crippen molar-refractivity contribution in [1.82, 2.24) is 20.2 Å². The highest BCUT2D eigenvalue weighted by Crippen LogP contribution is 2.25. The molecule has 1 unspecified atom stereocenters. The van der Waals surface area contributed by atoms with Crippen molar-refractivity contribution in [2.75, 3.05) is 35.8 Å². The molecule has 2 heterocycles. The minimum absolute atomic E-state index is 0.400. The molecule has 2 rings (SSSR count). The fourth-order valence-corrected chi connectivity index (χ4v) is 2.67. The highest BCUT2D eigenvalue weighted by molar-refractivity contribution is 7.98. The molecular weight excluding hydrogens is 272 g/mol. The normalized spacial score (nSPS) is 12.6. The van der Waals surface area contributed by atoms with Crippen LogP contribution in [0.3, 0.4) is 0 Å². The summed E-state index contributed by atoms with van der Waals surface area (Å²) in [7, 11) is 2.07. The first kappa shape index (κ1) is 14.9. The monoisotopic (exact) mass is 294 g/mol. The summed E-state index contributed by atoms with van der Waals surface area (Å²) in [6.07, 6.45) is 4.95. The number of aromatic amines is 1. The van der Waals surface area contributed by atoms with Crippen LogP contribution in [0.2, 0.25) is 0 Å². The maximum absolute atomic E-state index is 4.65. The molecule has 0 spiro atoms. The first-order chi connectivity index (χ1) is 9.67. The van der Waals surface area contributed by atoms with Crippen molar-refractivity contribution in [3.63, 3.8) is 0 Å². The summed E-state index contributed by atoms with van der Waals surface area (Å²) in [4.78, 5) is 11.3. The second kappa shape index (κ2) is 6.78. The summed E-state index contributed by atoms with van der Waals surface area (Å²) < 4.78 is 0. The zero-order valence-electron chi connectivity index (χ0n) is 12.5. The Kier molecular flexibility index (Phi) is 5.05. The molecule has 0 bridgehead atoms. The van der Waals surface area contributed by atoms with Crippen LogP contribution >= 0.6 is 11.8 Å². The van der Waals surface area contributed by atoms with Crippen LogP contribution in [-0.4, -0.2) is 51.8 Å². The van der Waals surface area contributed by atoms with Crippen molar-refractivity contribution in [2.24, 2.45) is 0 Å². The molecule has 0 aliphatic carbocycles. The lowest BCUT2D eigenvalue weighted by Crippen LogP contribution is -2.32. The van der Waals surface area contributed by atoms with E-state index < -0.39 is 0 Å². The van der Waals surface area contributed by atoms with E-state index in [0.717, 1.165) is 35.6 Å². The van der Waals surface area contributed by atoms with Gasteiger partial charge < -0.3 is 10.2 Å². The molecule has 6 nitrogen and oxygen atoms in total. The molecule has 0 amide bonds. The Balaban J connectivity index is 2.36. The molecule has 2 aromatic rings. The van der Waals surface area contributed by atoms with Crippen molar-refractivity contribution < 1.29 is 0 Å². The third-order valence-electron chi connectivity index (χ3n) is 3.23. The van der Waals surface area contributed by atoms with Crippen LogP contribution in [0.4, 0.5) is 11.8 Å². The fraction of sp³-hybridized carbons (Fsp3) is 0.615. The van der Waals surface area contributed by atoms with Gasteiger partial charge in [0.2, 0.25) is 5.95 Å². The molecule has 110 valence electrons. The zero-order valence-corrected chi connectivity index (χ0v) is 13.3. The predicted molar refractivity (Wildman–Crippen MR) is 86.7 cm³/mol. The van der Waals surface area contributed by atoms with Crippen molar-refractivity contribution in [3.05, 3.63) is 6.20 Å². The highest BCUT2D eigenvalue weighted by Gasteiger charge is 2.17. The SMILES string of the molecule is CCCNc1nc(N(C)C(C)CSC)c2cn[nH]c2n1. The Bertz CT molecular complexity index is 555. The fourth-order valence-electron chi connectivity index (χ4n) is 1.97. The minimum atomic E-state index is 0.400. The Labute approximate surface area is 123 Å². The van der Waals surface area contributed by atoms with Gasteiger partial charge in [-0.3, -0.25) is 5.10 Å². The molecular formula is C13H22N6S. The van der Waals surface area contributed by atoms with Crippen molar-refractivity contribution >= 4 is 34.6 Å². The van der Waals surface area contributed by atoms with Gasteiger partial charge in [0.25, 0.3) is 0 Å². The van der Waals surface area contributed by atoms with Gasteiger partial charge in [-0.1, -0.05) is 6.92 Å². The van der Waals surface area contributed by atoms with Crippen molar-refractivity contribution in [3.8, 4) is 0 Å². The van der Waals surface area contributed by atoms with Crippen LogP contribution in [-0.2, 0) is 0 Å². The van der Waals surface area contributed by atoms with Crippen molar-refractivity contribution in [2.45, 2.75) is 26.3 Å². The van der Waals surface area contributed by atoms with Gasteiger partial charge in [0.1, 0.15) is 5.82 Å². The molecule has 2 N–H and O–H groups in total. The number of thioether (sulfide) groups is 1. The molecule has 0 aliphatic heterocycles. The predicted octanol–water partition coefficient (Wildman–Crippen LogP) is 2.36. The van der Waals surface area contributed by atoms with Gasteiger partial charge >= 0.3 is 0 Å². The van der Waals surface area contributed by atoms with E-state index >= 15 is 0 Å². The molecule has 1 atom stereocenters. The lowest BCUT2D eigenvalue weighted by atomic mass is 10.3. The highest BCUT2D eigenvalue weighted by atomic mass is 32.2. The topological polar surface area (TPSA) is 69.7 Å². The van der Waals surface area contributed by atoms with Crippen LogP contribution in [0, 0.1) is 0 Å². The van der Waals surface area contributed by atoms with Crippen LogP contribution in [0.15, 0.2) is 6.20 Å². The van der Waals surface area contributed by atoms with E-state index in [2.05, 4.69) is 57.5 Å². The summed E-state index contributed by atoms with van der Waals surface area (Å²) >= 11 is 1.83. The summed E-state index contributed by atoms with van der Waals surface area (Å²) in [6.45, 7) is 5.18. The molecule has 0 saturated carbocycles. The van der Waals surface area contributed by atoms with E-state index in [1.807, 2.05) is 11.8 Å². The van der Waals surface area contributed by atoms with Gasteiger partial charge in [-0.25, -0.2) is 0 Å². The van der Waals surface area contributed by atoms with Gasteiger partial charge in [-0.2, -0.15) is 26.8 Å². The average molecular weight is 294 g/mol. The first-order valence-electron chi connectivity index (χ1n) is 6.84. The maximum atomic E-state index is 4.65. The van der Waals surface area contributed by atoms with Crippen molar-refractivity contribution in [1.29, 1.82) is 0 Å². The average Bonchev–Trinajstić information content (AvgIpc) is 2.91. The largest absolute Gasteiger partial charge is 0.355 e. The number of H-pyrrole nitrogens is 1. The van der Waals surface area contributed by atoms with Crippen LogP contribution < -0.4 is 10.2 Å². The van der Waals surface area contributed by atoms with Gasteiger partial charge in [-0.05, 0) is 19.6 Å². The maximum Gasteiger partial charge on any atom is 0.226 e. The summed E-state index contributed by atoms with van der Waals surface area (Å²) in [5.74, 6) is 2.63. The van der Waals surface area contributed by atoms with Crippen LogP contribution in [0.1, 0.15) is 20.3 Å². The molecule has 0 saturated heterocycles. The summed E-state index contributed by atoms with van der Waals surface area (Å²) in [5, 5.41) is 11.2. The molecule has 0 fully saturated rings. The third-order valence-corrected chi connectivity index (χ3v) is 4.04. The van der Waals surface area contributed by atoms with Gasteiger partial charge in [0.15, 0.2) is 5.65 Å². The molecule has 0 radical (unpaired) electrons. The van der Waals surface area contributed by atoms with Gasteiger partial charge in [0.05, 0.1) is 11.6 Å². The smallest absolute Gasteiger partial charge is 0.226 e. The number of fused-ring (bicyclic) bond motifs is 1. The first-order valence-corrected chi connectivity index (χ1v) is 8.23. The second-order valence-corrected chi connectivity index (χ2v) is 5.76. The number of hydrogen-bond acceptors (Lipinski definition) is 6. The lowest BCUT2D eigenvalue weighted by molar-refractivity contribution is 0.756. The van der Waals surface area contributed by atoms with Crippen LogP contribution in [0.25, 0.3) is 11.0 Å². The third kappa shape index (κ3) is 3.15. The number of aromatic nitrogens is 4. The van der Waals surface area contributed by atoms with E-state index in [-0.39, 0.29) is 0 Å². The number of hydrogen-bond donors (Lipinski definition) is 2. The van der Waals surface area contributed by atoms with E-state index in [9.17, 15) is 0 Å². The van der Waals surface area contributed by atoms with E-state index in [1.165, 1.54) is 0 Å².